The van der Waals surface area contributed by atoms with Gasteiger partial charge in [0.15, 0.2) is 0 Å². The summed E-state index contributed by atoms with van der Waals surface area (Å²) in [4.78, 5) is 29.0. The van der Waals surface area contributed by atoms with Crippen molar-refractivity contribution in [1.82, 2.24) is 29.4 Å². The minimum absolute atomic E-state index is 0.0629. The van der Waals surface area contributed by atoms with Crippen molar-refractivity contribution in [3.63, 3.8) is 0 Å². The predicted octanol–water partition coefficient (Wildman–Crippen LogP) is 6.10. The van der Waals surface area contributed by atoms with E-state index in [0.717, 1.165) is 30.3 Å². The van der Waals surface area contributed by atoms with Gasteiger partial charge in [-0.3, -0.25) is 14.3 Å². The van der Waals surface area contributed by atoms with Crippen molar-refractivity contribution in [3.05, 3.63) is 100 Å². The summed E-state index contributed by atoms with van der Waals surface area (Å²) in [6.07, 6.45) is 4.02. The molecule has 4 aromatic heterocycles. The Morgan fingerprint density at radius 1 is 1.02 bits per heavy atom. The van der Waals surface area contributed by atoms with Gasteiger partial charge in [-0.2, -0.15) is 18.2 Å². The highest BCUT2D eigenvalue weighted by atomic mass is 19.4. The Bertz CT molecular complexity index is 1840. The van der Waals surface area contributed by atoms with Crippen LogP contribution < -0.4 is 21.1 Å². The van der Waals surface area contributed by atoms with Crippen molar-refractivity contribution < 1.29 is 13.2 Å². The highest BCUT2D eigenvalue weighted by molar-refractivity contribution is 5.77. The first-order chi connectivity index (χ1) is 21.8. The van der Waals surface area contributed by atoms with Crippen molar-refractivity contribution in [2.24, 2.45) is 0 Å². The first-order valence-electron chi connectivity index (χ1n) is 15.2. The maximum Gasteiger partial charge on any atom is 0.418 e. The molecule has 0 bridgehead atoms. The van der Waals surface area contributed by atoms with Gasteiger partial charge in [0.05, 0.1) is 12.1 Å². The summed E-state index contributed by atoms with van der Waals surface area (Å²) >= 11 is 0. The molecule has 1 saturated heterocycles. The smallest absolute Gasteiger partial charge is 0.368 e. The lowest BCUT2D eigenvalue weighted by Crippen LogP contribution is -2.44. The Morgan fingerprint density at radius 2 is 1.78 bits per heavy atom. The van der Waals surface area contributed by atoms with Gasteiger partial charge in [-0.05, 0) is 67.3 Å². The summed E-state index contributed by atoms with van der Waals surface area (Å²) in [5.41, 5.74) is 2.32. The summed E-state index contributed by atoms with van der Waals surface area (Å²) in [5.74, 6) is 0.159. The number of fused-ring (bicyclic) bond motifs is 1. The number of anilines is 3. The monoisotopic (exact) mass is 616 g/mol. The largest absolute Gasteiger partial charge is 0.418 e. The number of nitrogens with zero attached hydrogens (tertiary/aromatic N) is 6. The molecule has 0 unspecified atom stereocenters. The minimum Gasteiger partial charge on any atom is -0.368 e. The Kier molecular flexibility index (Phi) is 8.57. The van der Waals surface area contributed by atoms with Gasteiger partial charge in [0.25, 0.3) is 5.56 Å². The van der Waals surface area contributed by atoms with Crippen molar-refractivity contribution >= 4 is 28.4 Å². The van der Waals surface area contributed by atoms with Gasteiger partial charge in [-0.1, -0.05) is 13.8 Å². The zero-order valence-electron chi connectivity index (χ0n) is 25.2. The van der Waals surface area contributed by atoms with Crippen LogP contribution in [-0.4, -0.2) is 50.3 Å². The number of piperazine rings is 1. The number of pyridine rings is 2. The number of nitrogens with one attached hydrogen (secondary N) is 2. The van der Waals surface area contributed by atoms with Crippen LogP contribution in [0.2, 0.25) is 0 Å². The van der Waals surface area contributed by atoms with Crippen LogP contribution in [0.25, 0.3) is 16.7 Å². The Morgan fingerprint density at radius 3 is 2.49 bits per heavy atom. The lowest BCUT2D eigenvalue weighted by atomic mass is 9.94. The number of hydrogen-bond donors (Lipinski definition) is 2. The highest BCUT2D eigenvalue weighted by Crippen LogP contribution is 2.39. The number of halogens is 3. The van der Waals surface area contributed by atoms with Crippen LogP contribution in [0.5, 0.6) is 0 Å². The van der Waals surface area contributed by atoms with E-state index in [4.69, 9.17) is 4.98 Å². The average molecular weight is 617 g/mol. The molecule has 6 rings (SSSR count). The van der Waals surface area contributed by atoms with Gasteiger partial charge in [0, 0.05) is 84.7 Å². The summed E-state index contributed by atoms with van der Waals surface area (Å²) in [5, 5.41) is 6.81. The van der Waals surface area contributed by atoms with Crippen LogP contribution in [0.15, 0.2) is 78.1 Å². The van der Waals surface area contributed by atoms with E-state index in [1.807, 2.05) is 41.1 Å². The molecule has 12 heteroatoms. The molecule has 1 aromatic carbocycles. The molecule has 5 heterocycles. The maximum absolute atomic E-state index is 14.2. The highest BCUT2D eigenvalue weighted by Gasteiger charge is 2.35. The maximum atomic E-state index is 14.2. The molecule has 1 aliphatic rings. The molecule has 2 N–H and O–H groups in total. The molecule has 0 spiro atoms. The fourth-order valence-corrected chi connectivity index (χ4v) is 6.02. The molecular formula is C33H35F3N8O. The fourth-order valence-electron chi connectivity index (χ4n) is 6.02. The molecule has 0 atom stereocenters. The standard InChI is InChI=1S/C33H35F3N8O/c1-3-22(4-2)27-18-23-20-39-32(40-24-7-8-29(28(19-24)33(34,35)36)42-16-13-38-14-17-42)41-30(23)44(31(27)45)21-26-6-5-15-43(26)25-9-11-37-12-10-25/h5-12,15,18-20,22,38H,3-4,13-14,16-17,21H2,1-2H3,(H,39,40,41). The molecule has 0 aliphatic carbocycles. The van der Waals surface area contributed by atoms with E-state index in [1.165, 1.54) is 6.07 Å². The molecule has 9 nitrogen and oxygen atoms in total. The quantitative estimate of drug-likeness (QED) is 0.207. The van der Waals surface area contributed by atoms with E-state index in [1.54, 1.807) is 34.1 Å². The SMILES string of the molecule is CCC(CC)c1cc2cnc(Nc3ccc(N4CCNCC4)c(C(F)(F)F)c3)nc2n(Cc2cccn2-c2ccncc2)c1=O. The average Bonchev–Trinajstić information content (AvgIpc) is 3.52. The molecule has 1 fully saturated rings. The first-order valence-corrected chi connectivity index (χ1v) is 15.2. The van der Waals surface area contributed by atoms with Gasteiger partial charge in [-0.15, -0.1) is 0 Å². The van der Waals surface area contributed by atoms with Gasteiger partial charge in [0.1, 0.15) is 5.65 Å². The van der Waals surface area contributed by atoms with Crippen LogP contribution >= 0.6 is 0 Å². The van der Waals surface area contributed by atoms with E-state index in [2.05, 4.69) is 34.4 Å². The van der Waals surface area contributed by atoms with Crippen LogP contribution in [-0.2, 0) is 12.7 Å². The second-order valence-corrected chi connectivity index (χ2v) is 11.1. The second-order valence-electron chi connectivity index (χ2n) is 11.1. The van der Waals surface area contributed by atoms with E-state index in [9.17, 15) is 18.0 Å². The molecular weight excluding hydrogens is 581 g/mol. The van der Waals surface area contributed by atoms with E-state index >= 15 is 0 Å². The van der Waals surface area contributed by atoms with Gasteiger partial charge in [-0.25, -0.2) is 4.98 Å². The van der Waals surface area contributed by atoms with Gasteiger partial charge < -0.3 is 20.1 Å². The van der Waals surface area contributed by atoms with Crippen molar-refractivity contribution in [2.45, 2.75) is 45.3 Å². The molecule has 0 saturated carbocycles. The Hall–Kier alpha value is -4.71. The number of alkyl halides is 3. The van der Waals surface area contributed by atoms with Gasteiger partial charge in [0.2, 0.25) is 5.95 Å². The van der Waals surface area contributed by atoms with Crippen molar-refractivity contribution in [3.8, 4) is 5.69 Å². The normalized spacial score (nSPS) is 14.0. The lowest BCUT2D eigenvalue weighted by molar-refractivity contribution is -0.137. The third-order valence-corrected chi connectivity index (χ3v) is 8.39. The summed E-state index contributed by atoms with van der Waals surface area (Å²) in [6.45, 7) is 6.57. The second kappa shape index (κ2) is 12.7. The predicted molar refractivity (Wildman–Crippen MR) is 170 cm³/mol. The molecule has 5 aromatic rings. The Labute approximate surface area is 258 Å². The number of rotatable bonds is 9. The molecule has 1 aliphatic heterocycles. The molecule has 0 radical (unpaired) electrons. The topological polar surface area (TPSA) is 92.9 Å². The third-order valence-electron chi connectivity index (χ3n) is 8.39. The minimum atomic E-state index is -4.54. The first kappa shape index (κ1) is 30.3. The van der Waals surface area contributed by atoms with Crippen molar-refractivity contribution in [2.75, 3.05) is 36.4 Å². The van der Waals surface area contributed by atoms with Crippen LogP contribution in [0.4, 0.5) is 30.5 Å². The number of hydrogen-bond acceptors (Lipinski definition) is 7. The van der Waals surface area contributed by atoms with E-state index < -0.39 is 11.7 Å². The fraction of sp³-hybridized carbons (Fsp3) is 0.333. The van der Waals surface area contributed by atoms with Crippen LogP contribution in [0.3, 0.4) is 0 Å². The number of aromatic nitrogens is 5. The zero-order chi connectivity index (χ0) is 31.6. The zero-order valence-corrected chi connectivity index (χ0v) is 25.2. The molecule has 234 valence electrons. The summed E-state index contributed by atoms with van der Waals surface area (Å²) in [7, 11) is 0. The van der Waals surface area contributed by atoms with Gasteiger partial charge >= 0.3 is 6.18 Å². The van der Waals surface area contributed by atoms with E-state index in [-0.39, 0.29) is 35.3 Å². The van der Waals surface area contributed by atoms with Crippen LogP contribution in [0, 0.1) is 0 Å². The molecule has 0 amide bonds. The van der Waals surface area contributed by atoms with Crippen molar-refractivity contribution in [1.29, 1.82) is 0 Å². The molecule has 45 heavy (non-hydrogen) atoms. The van der Waals surface area contributed by atoms with Crippen LogP contribution in [0.1, 0.15) is 49.4 Å². The Balaban J connectivity index is 1.41. The van der Waals surface area contributed by atoms with E-state index in [0.29, 0.717) is 42.8 Å². The summed E-state index contributed by atoms with van der Waals surface area (Å²) in [6, 6.07) is 13.7. The number of benzene rings is 1. The lowest BCUT2D eigenvalue weighted by Gasteiger charge is -2.31. The third kappa shape index (κ3) is 6.28. The summed E-state index contributed by atoms with van der Waals surface area (Å²) < 4.78 is 46.2.